The number of fused-ring (bicyclic) bond motifs is 1. The summed E-state index contributed by atoms with van der Waals surface area (Å²) in [6.07, 6.45) is 4.58. The maximum Gasteiger partial charge on any atom is 0.191 e. The average Bonchev–Trinajstić information content (AvgIpc) is 3.12. The molecule has 2 aliphatic rings. The molecule has 1 unspecified atom stereocenters. The van der Waals surface area contributed by atoms with Crippen LogP contribution in [0.1, 0.15) is 50.3 Å². The minimum Gasteiger partial charge on any atom is -0.372 e. The van der Waals surface area contributed by atoms with Crippen molar-refractivity contribution in [3.63, 3.8) is 0 Å². The predicted molar refractivity (Wildman–Crippen MR) is 122 cm³/mol. The Morgan fingerprint density at radius 3 is 2.67 bits per heavy atom. The smallest absolute Gasteiger partial charge is 0.191 e. The zero-order valence-corrected chi connectivity index (χ0v) is 18.6. The van der Waals surface area contributed by atoms with Gasteiger partial charge in [-0.3, -0.25) is 0 Å². The van der Waals surface area contributed by atoms with Gasteiger partial charge in [-0.1, -0.05) is 19.1 Å². The summed E-state index contributed by atoms with van der Waals surface area (Å²) in [7, 11) is 0. The van der Waals surface area contributed by atoms with Crippen LogP contribution in [0, 0.1) is 12.8 Å². The second-order valence-electron chi connectivity index (χ2n) is 8.67. The molecule has 1 atom stereocenters. The lowest BCUT2D eigenvalue weighted by molar-refractivity contribution is 0.392. The predicted octanol–water partition coefficient (Wildman–Crippen LogP) is 2.89. The minimum absolute atomic E-state index is 0.320. The van der Waals surface area contributed by atoms with Gasteiger partial charge in [-0.25, -0.2) is 14.7 Å². The third-order valence-electron chi connectivity index (χ3n) is 6.15. The van der Waals surface area contributed by atoms with E-state index in [0.717, 1.165) is 49.5 Å². The topological polar surface area (TPSA) is 70.4 Å². The van der Waals surface area contributed by atoms with E-state index in [1.165, 1.54) is 37.2 Å². The Labute approximate surface area is 180 Å². The minimum atomic E-state index is 0.320. The van der Waals surface area contributed by atoms with E-state index < -0.39 is 0 Å². The zero-order valence-electron chi connectivity index (χ0n) is 18.6. The molecule has 0 saturated carbocycles. The van der Waals surface area contributed by atoms with E-state index in [9.17, 15) is 0 Å². The molecule has 3 heterocycles. The maximum absolute atomic E-state index is 4.83. The molecule has 7 heteroatoms. The van der Waals surface area contributed by atoms with Gasteiger partial charge in [0.1, 0.15) is 11.6 Å². The maximum atomic E-state index is 4.83. The van der Waals surface area contributed by atoms with Crippen molar-refractivity contribution in [1.82, 2.24) is 25.4 Å². The molecular weight excluding hydrogens is 374 g/mol. The summed E-state index contributed by atoms with van der Waals surface area (Å²) in [4.78, 5) is 11.8. The first kappa shape index (κ1) is 20.7. The molecule has 1 aromatic heterocycles. The van der Waals surface area contributed by atoms with Gasteiger partial charge in [0.2, 0.25) is 0 Å². The van der Waals surface area contributed by atoms with Crippen LogP contribution in [0.25, 0.3) is 0 Å². The number of aliphatic imine (C=N–C) groups is 1. The number of aromatic nitrogens is 3. The fourth-order valence-electron chi connectivity index (χ4n) is 4.31. The lowest BCUT2D eigenvalue weighted by Gasteiger charge is -2.32. The SMILES string of the molecule is CCNC(=NCc1ccc(N2CCC(C)CC2)cc1)NC1CCc2nc(C)nn2C1. The van der Waals surface area contributed by atoms with Gasteiger partial charge in [0.15, 0.2) is 5.96 Å². The van der Waals surface area contributed by atoms with Crippen molar-refractivity contribution in [2.75, 3.05) is 24.5 Å². The third-order valence-corrected chi connectivity index (χ3v) is 6.15. The molecule has 0 amide bonds. The molecule has 2 aromatic rings. The second kappa shape index (κ2) is 9.49. The van der Waals surface area contributed by atoms with Crippen molar-refractivity contribution >= 4 is 11.6 Å². The summed E-state index contributed by atoms with van der Waals surface area (Å²) < 4.78 is 2.03. The van der Waals surface area contributed by atoms with Gasteiger partial charge in [-0.15, -0.1) is 0 Å². The molecular formula is C23H35N7. The summed E-state index contributed by atoms with van der Waals surface area (Å²) in [6.45, 7) is 11.1. The van der Waals surface area contributed by atoms with Crippen LogP contribution in [-0.4, -0.2) is 46.4 Å². The van der Waals surface area contributed by atoms with E-state index in [1.54, 1.807) is 0 Å². The third kappa shape index (κ3) is 5.12. The highest BCUT2D eigenvalue weighted by Gasteiger charge is 2.21. The van der Waals surface area contributed by atoms with E-state index in [0.29, 0.717) is 12.6 Å². The Balaban J connectivity index is 1.34. The van der Waals surface area contributed by atoms with Crippen LogP contribution in [0.15, 0.2) is 29.3 Å². The molecule has 0 aliphatic carbocycles. The number of anilines is 1. The fraction of sp³-hybridized carbons (Fsp3) is 0.609. The second-order valence-corrected chi connectivity index (χ2v) is 8.67. The van der Waals surface area contributed by atoms with Crippen molar-refractivity contribution in [2.24, 2.45) is 10.9 Å². The Kier molecular flexibility index (Phi) is 6.55. The highest BCUT2D eigenvalue weighted by atomic mass is 15.4. The molecule has 0 spiro atoms. The number of rotatable bonds is 5. The number of piperidine rings is 1. The van der Waals surface area contributed by atoms with Gasteiger partial charge in [-0.05, 0) is 56.7 Å². The molecule has 2 aliphatic heterocycles. The molecule has 2 N–H and O–H groups in total. The van der Waals surface area contributed by atoms with E-state index in [-0.39, 0.29) is 0 Å². The molecule has 7 nitrogen and oxygen atoms in total. The largest absolute Gasteiger partial charge is 0.372 e. The van der Waals surface area contributed by atoms with E-state index in [2.05, 4.69) is 63.7 Å². The quantitative estimate of drug-likeness (QED) is 0.587. The van der Waals surface area contributed by atoms with Gasteiger partial charge < -0.3 is 15.5 Å². The van der Waals surface area contributed by atoms with Crippen molar-refractivity contribution in [2.45, 2.75) is 65.6 Å². The molecule has 1 fully saturated rings. The number of nitrogens with one attached hydrogen (secondary N) is 2. The molecule has 0 radical (unpaired) electrons. The molecule has 30 heavy (non-hydrogen) atoms. The first-order valence-corrected chi connectivity index (χ1v) is 11.4. The summed E-state index contributed by atoms with van der Waals surface area (Å²) in [5.41, 5.74) is 2.57. The van der Waals surface area contributed by atoms with E-state index in [4.69, 9.17) is 4.99 Å². The Hall–Kier alpha value is -2.57. The number of hydrogen-bond acceptors (Lipinski definition) is 4. The number of hydrogen-bond donors (Lipinski definition) is 2. The normalized spacial score (nSPS) is 20.2. The Morgan fingerprint density at radius 2 is 1.93 bits per heavy atom. The lowest BCUT2D eigenvalue weighted by atomic mass is 9.99. The monoisotopic (exact) mass is 409 g/mol. The lowest BCUT2D eigenvalue weighted by Crippen LogP contribution is -2.47. The number of aryl methyl sites for hydroxylation is 2. The van der Waals surface area contributed by atoms with Crippen LogP contribution in [-0.2, 0) is 19.5 Å². The molecule has 1 aromatic carbocycles. The van der Waals surface area contributed by atoms with Crippen LogP contribution in [0.5, 0.6) is 0 Å². The highest BCUT2D eigenvalue weighted by Crippen LogP contribution is 2.23. The highest BCUT2D eigenvalue weighted by molar-refractivity contribution is 5.80. The van der Waals surface area contributed by atoms with Gasteiger partial charge in [0.05, 0.1) is 13.1 Å². The number of guanidine groups is 1. The van der Waals surface area contributed by atoms with Crippen molar-refractivity contribution in [1.29, 1.82) is 0 Å². The molecule has 1 saturated heterocycles. The van der Waals surface area contributed by atoms with Gasteiger partial charge in [-0.2, -0.15) is 5.10 Å². The van der Waals surface area contributed by atoms with Gasteiger partial charge in [0, 0.05) is 37.8 Å². The van der Waals surface area contributed by atoms with Gasteiger partial charge in [0.25, 0.3) is 0 Å². The molecule has 162 valence electrons. The number of benzene rings is 1. The van der Waals surface area contributed by atoms with Crippen LogP contribution in [0.3, 0.4) is 0 Å². The van der Waals surface area contributed by atoms with Crippen LogP contribution < -0.4 is 15.5 Å². The van der Waals surface area contributed by atoms with Crippen molar-refractivity contribution in [3.05, 3.63) is 41.5 Å². The Bertz CT molecular complexity index is 847. The van der Waals surface area contributed by atoms with E-state index >= 15 is 0 Å². The summed E-state index contributed by atoms with van der Waals surface area (Å²) in [5.74, 6) is 3.68. The average molecular weight is 410 g/mol. The summed E-state index contributed by atoms with van der Waals surface area (Å²) in [6, 6.07) is 9.24. The molecule has 0 bridgehead atoms. The fourth-order valence-corrected chi connectivity index (χ4v) is 4.31. The van der Waals surface area contributed by atoms with Crippen molar-refractivity contribution in [3.8, 4) is 0 Å². The van der Waals surface area contributed by atoms with Crippen LogP contribution in [0.4, 0.5) is 5.69 Å². The standard InChI is InChI=1S/C23H35N7/c1-4-24-23(27-20-7-10-22-26-18(3)28-30(22)16-20)25-15-19-5-8-21(9-6-19)29-13-11-17(2)12-14-29/h5-6,8-9,17,20H,4,7,10-16H2,1-3H3,(H2,24,25,27). The Morgan fingerprint density at radius 1 is 1.17 bits per heavy atom. The first-order chi connectivity index (χ1) is 14.6. The summed E-state index contributed by atoms with van der Waals surface area (Å²) in [5, 5.41) is 11.5. The first-order valence-electron chi connectivity index (χ1n) is 11.4. The zero-order chi connectivity index (χ0) is 20.9. The van der Waals surface area contributed by atoms with Crippen LogP contribution >= 0.6 is 0 Å². The summed E-state index contributed by atoms with van der Waals surface area (Å²) >= 11 is 0. The van der Waals surface area contributed by atoms with Gasteiger partial charge >= 0.3 is 0 Å². The van der Waals surface area contributed by atoms with Crippen LogP contribution in [0.2, 0.25) is 0 Å². The van der Waals surface area contributed by atoms with Crippen molar-refractivity contribution < 1.29 is 0 Å². The van der Waals surface area contributed by atoms with E-state index in [1.807, 2.05) is 11.6 Å². The number of nitrogens with zero attached hydrogens (tertiary/aromatic N) is 5. The molecule has 4 rings (SSSR count).